The third-order valence-electron chi connectivity index (χ3n) is 8.13. The molecule has 10 nitrogen and oxygen atoms in total. The number of aromatic nitrogens is 3. The summed E-state index contributed by atoms with van der Waals surface area (Å²) in [5.74, 6) is -1.86. The summed E-state index contributed by atoms with van der Waals surface area (Å²) >= 11 is 0. The Morgan fingerprint density at radius 2 is 1.91 bits per heavy atom. The number of amides is 1. The van der Waals surface area contributed by atoms with E-state index in [0.717, 1.165) is 18.7 Å². The number of Topliss-reactive ketones (excluding diaryl/α,β-unsaturated/α-hetero) is 1. The highest BCUT2D eigenvalue weighted by Gasteiger charge is 2.34. The van der Waals surface area contributed by atoms with Crippen LogP contribution in [0.15, 0.2) is 48.9 Å². The molecule has 2 N–H and O–H groups in total. The third-order valence-corrected chi connectivity index (χ3v) is 8.13. The summed E-state index contributed by atoms with van der Waals surface area (Å²) < 4.78 is 36.1. The predicted octanol–water partition coefficient (Wildman–Crippen LogP) is 4.27. The number of halogens is 2. The number of anilines is 2. The first-order valence-corrected chi connectivity index (χ1v) is 14.1. The van der Waals surface area contributed by atoms with E-state index in [1.807, 2.05) is 17.9 Å². The summed E-state index contributed by atoms with van der Waals surface area (Å²) in [4.78, 5) is 36.5. The average Bonchev–Trinajstić information content (AvgIpc) is 3.42. The number of imidazole rings is 1. The van der Waals surface area contributed by atoms with Crippen molar-refractivity contribution in [2.45, 2.75) is 19.8 Å². The summed E-state index contributed by atoms with van der Waals surface area (Å²) in [6.07, 6.45) is 5.91. The molecule has 2 aliphatic heterocycles. The van der Waals surface area contributed by atoms with Gasteiger partial charge in [0.15, 0.2) is 29.6 Å². The van der Waals surface area contributed by atoms with Crippen molar-refractivity contribution < 1.29 is 23.1 Å². The number of likely N-dealkylation sites (tertiary alicyclic amines) is 1. The minimum Gasteiger partial charge on any atom is -0.476 e. The van der Waals surface area contributed by atoms with Crippen LogP contribution in [0.25, 0.3) is 16.9 Å². The number of ketones is 1. The second-order valence-electron chi connectivity index (χ2n) is 10.8. The first-order chi connectivity index (χ1) is 20.9. The fourth-order valence-corrected chi connectivity index (χ4v) is 5.64. The summed E-state index contributed by atoms with van der Waals surface area (Å²) in [6, 6.07) is 9.75. The van der Waals surface area contributed by atoms with Crippen molar-refractivity contribution in [3.63, 3.8) is 0 Å². The number of carbonyl (C=O) groups excluding carboxylic acids is 2. The van der Waals surface area contributed by atoms with E-state index >= 15 is 0 Å². The molecule has 0 atom stereocenters. The van der Waals surface area contributed by atoms with E-state index in [4.69, 9.17) is 10.00 Å². The maximum absolute atomic E-state index is 15.0. The molecule has 0 unspecified atom stereocenters. The zero-order valence-electron chi connectivity index (χ0n) is 23.4. The smallest absolute Gasteiger partial charge is 0.254 e. The van der Waals surface area contributed by atoms with Gasteiger partial charge in [0.05, 0.1) is 11.9 Å². The van der Waals surface area contributed by atoms with Gasteiger partial charge in [-0.2, -0.15) is 9.65 Å². The van der Waals surface area contributed by atoms with Gasteiger partial charge in [-0.25, -0.2) is 14.4 Å². The fraction of sp³-hybridized carbons (Fsp3) is 0.323. The number of benzene rings is 2. The molecule has 2 aromatic heterocycles. The zero-order chi connectivity index (χ0) is 30.1. The van der Waals surface area contributed by atoms with Crippen molar-refractivity contribution >= 4 is 28.8 Å². The van der Waals surface area contributed by atoms with Gasteiger partial charge in [-0.3, -0.25) is 14.0 Å². The van der Waals surface area contributed by atoms with Crippen LogP contribution in [0, 0.1) is 41.7 Å². The highest BCUT2D eigenvalue weighted by Crippen LogP contribution is 2.32. The van der Waals surface area contributed by atoms with E-state index in [1.54, 1.807) is 28.8 Å². The first-order valence-electron chi connectivity index (χ1n) is 14.1. The Bertz CT molecular complexity index is 1750. The Hall–Kier alpha value is -4.89. The molecule has 0 aliphatic carbocycles. The molecule has 12 heteroatoms. The van der Waals surface area contributed by atoms with Crippen molar-refractivity contribution in [1.82, 2.24) is 24.6 Å². The van der Waals surface area contributed by atoms with Crippen LogP contribution in [-0.4, -0.2) is 63.7 Å². The van der Waals surface area contributed by atoms with E-state index in [1.165, 1.54) is 24.5 Å². The molecule has 4 heterocycles. The molecular formula is C31H29F2N7O3. The average molecular weight is 586 g/mol. The van der Waals surface area contributed by atoms with Crippen molar-refractivity contribution in [3.8, 4) is 23.1 Å². The number of fused-ring (bicyclic) bond motifs is 1. The maximum Gasteiger partial charge on any atom is 0.254 e. The molecule has 0 bridgehead atoms. The van der Waals surface area contributed by atoms with Gasteiger partial charge in [-0.05, 0) is 55.7 Å². The van der Waals surface area contributed by atoms with Crippen LogP contribution in [0.5, 0.6) is 5.75 Å². The summed E-state index contributed by atoms with van der Waals surface area (Å²) in [5, 5.41) is 15.0. The van der Waals surface area contributed by atoms with Gasteiger partial charge in [0.25, 0.3) is 5.91 Å². The topological polar surface area (TPSA) is 125 Å². The molecule has 2 saturated heterocycles. The normalized spacial score (nSPS) is 15.6. The molecule has 0 radical (unpaired) electrons. The van der Waals surface area contributed by atoms with Crippen LogP contribution >= 0.6 is 0 Å². The molecule has 6 rings (SSSR count). The van der Waals surface area contributed by atoms with Gasteiger partial charge in [0.2, 0.25) is 5.82 Å². The van der Waals surface area contributed by atoms with E-state index in [0.29, 0.717) is 60.1 Å². The Morgan fingerprint density at radius 3 is 2.60 bits per heavy atom. The lowest BCUT2D eigenvalue weighted by Crippen LogP contribution is -2.50. The number of rotatable bonds is 8. The van der Waals surface area contributed by atoms with E-state index in [2.05, 4.69) is 20.6 Å². The zero-order valence-corrected chi connectivity index (χ0v) is 23.4. The van der Waals surface area contributed by atoms with E-state index in [9.17, 15) is 18.4 Å². The quantitative estimate of drug-likeness (QED) is 0.314. The van der Waals surface area contributed by atoms with Gasteiger partial charge >= 0.3 is 0 Å². The highest BCUT2D eigenvalue weighted by molar-refractivity contribution is 5.96. The summed E-state index contributed by atoms with van der Waals surface area (Å²) in [6.45, 7) is 4.10. The first kappa shape index (κ1) is 28.2. The maximum atomic E-state index is 15.0. The second kappa shape index (κ2) is 11.8. The van der Waals surface area contributed by atoms with Crippen LogP contribution in [-0.2, 0) is 4.79 Å². The van der Waals surface area contributed by atoms with Crippen molar-refractivity contribution in [1.29, 1.82) is 5.26 Å². The third kappa shape index (κ3) is 5.39. The van der Waals surface area contributed by atoms with Crippen LogP contribution in [0.1, 0.15) is 28.8 Å². The van der Waals surface area contributed by atoms with Crippen LogP contribution in [0.3, 0.4) is 0 Å². The number of carbonyl (C=O) groups is 2. The number of hydrogen-bond acceptors (Lipinski definition) is 8. The molecule has 43 heavy (non-hydrogen) atoms. The lowest BCUT2D eigenvalue weighted by Gasteiger charge is -2.35. The molecular weight excluding hydrogens is 556 g/mol. The lowest BCUT2D eigenvalue weighted by atomic mass is 9.83. The van der Waals surface area contributed by atoms with Crippen LogP contribution in [0.4, 0.5) is 20.3 Å². The Morgan fingerprint density at radius 1 is 1.12 bits per heavy atom. The van der Waals surface area contributed by atoms with Gasteiger partial charge in [-0.1, -0.05) is 0 Å². The van der Waals surface area contributed by atoms with Gasteiger partial charge in [0.1, 0.15) is 11.9 Å². The Kier molecular flexibility index (Phi) is 7.73. The standard InChI is InChI=1S/C31H29F2N7O3/c1-18-14-21(2-3-22(18)31(42)39-10-6-19(7-11-39)28(41)20-15-35-16-20)38-29-30-37-17-24(40(30)12-9-36-29)23-4-5-25(43-13-8-34)27(33)26(23)32/h2-5,9,12,14,17,19-20,35H,6-7,10-11,13,15-16H2,1H3,(H,36,38). The molecule has 2 fully saturated rings. The summed E-state index contributed by atoms with van der Waals surface area (Å²) in [5.41, 5.74) is 2.70. The van der Waals surface area contributed by atoms with E-state index < -0.39 is 18.2 Å². The lowest BCUT2D eigenvalue weighted by molar-refractivity contribution is -0.129. The monoisotopic (exact) mass is 585 g/mol. The number of hydrogen-bond donors (Lipinski definition) is 2. The number of nitrogens with one attached hydrogen (secondary N) is 2. The second-order valence-corrected chi connectivity index (χ2v) is 10.8. The molecule has 2 aromatic carbocycles. The largest absolute Gasteiger partial charge is 0.476 e. The number of piperidine rings is 1. The van der Waals surface area contributed by atoms with Gasteiger partial charge < -0.3 is 20.3 Å². The number of nitrogens with zero attached hydrogens (tertiary/aromatic N) is 5. The fourth-order valence-electron chi connectivity index (χ4n) is 5.64. The van der Waals surface area contributed by atoms with E-state index in [-0.39, 0.29) is 29.1 Å². The van der Waals surface area contributed by atoms with Crippen molar-refractivity contribution in [2.75, 3.05) is 38.1 Å². The minimum absolute atomic E-state index is 0.0283. The molecule has 220 valence electrons. The van der Waals surface area contributed by atoms with Gasteiger partial charge in [-0.15, -0.1) is 0 Å². The summed E-state index contributed by atoms with van der Waals surface area (Å²) in [7, 11) is 0. The number of aryl methyl sites for hydroxylation is 1. The molecule has 2 aliphatic rings. The Labute approximate surface area is 246 Å². The molecule has 1 amide bonds. The molecule has 4 aromatic rings. The van der Waals surface area contributed by atoms with Gasteiger partial charge in [0, 0.05) is 67.2 Å². The SMILES string of the molecule is Cc1cc(Nc2nccn3c(-c4ccc(OCC#N)c(F)c4F)cnc23)ccc1C(=O)N1CCC(C(=O)C2CNC2)CC1. The van der Waals surface area contributed by atoms with Crippen molar-refractivity contribution in [2.24, 2.45) is 11.8 Å². The van der Waals surface area contributed by atoms with Crippen LogP contribution in [0.2, 0.25) is 0 Å². The number of nitriles is 1. The van der Waals surface area contributed by atoms with Crippen LogP contribution < -0.4 is 15.4 Å². The van der Waals surface area contributed by atoms with Crippen molar-refractivity contribution in [3.05, 3.63) is 71.7 Å². The highest BCUT2D eigenvalue weighted by atomic mass is 19.2. The number of ether oxygens (including phenoxy) is 1. The molecule has 0 spiro atoms. The Balaban J connectivity index is 1.17. The predicted molar refractivity (Wildman–Crippen MR) is 154 cm³/mol. The molecule has 0 saturated carbocycles. The minimum atomic E-state index is -1.19.